The van der Waals surface area contributed by atoms with Crippen LogP contribution in [0.25, 0.3) is 0 Å². The van der Waals surface area contributed by atoms with Crippen molar-refractivity contribution in [1.29, 1.82) is 0 Å². The third-order valence-corrected chi connectivity index (χ3v) is 4.72. The molecule has 114 valence electrons. The molecule has 1 unspecified atom stereocenters. The average Bonchev–Trinajstić information content (AvgIpc) is 2.90. The molecule has 1 N–H and O–H groups in total. The number of hydrogen-bond acceptors (Lipinski definition) is 2. The second kappa shape index (κ2) is 7.44. The Hall–Kier alpha value is -0.830. The summed E-state index contributed by atoms with van der Waals surface area (Å²) < 4.78 is 0. The van der Waals surface area contributed by atoms with Gasteiger partial charge in [0.25, 0.3) is 0 Å². The van der Waals surface area contributed by atoms with Crippen LogP contribution in [0.15, 0.2) is 41.8 Å². The number of halogens is 1. The molecule has 1 heterocycles. The summed E-state index contributed by atoms with van der Waals surface area (Å²) in [5, 5.41) is 6.67. The molecule has 0 fully saturated rings. The van der Waals surface area contributed by atoms with Crippen LogP contribution in [0.4, 0.5) is 0 Å². The van der Waals surface area contributed by atoms with Crippen LogP contribution in [-0.4, -0.2) is 12.1 Å². The van der Waals surface area contributed by atoms with Gasteiger partial charge >= 0.3 is 0 Å². The van der Waals surface area contributed by atoms with Crippen LogP contribution in [0.2, 0.25) is 5.02 Å². The minimum absolute atomic E-state index is 0.147. The molecule has 0 bridgehead atoms. The molecule has 21 heavy (non-hydrogen) atoms. The van der Waals surface area contributed by atoms with Gasteiger partial charge in [0, 0.05) is 15.4 Å². The van der Waals surface area contributed by atoms with E-state index in [0.717, 1.165) is 24.4 Å². The van der Waals surface area contributed by atoms with Crippen LogP contribution < -0.4 is 5.32 Å². The SMILES string of the molecule is CC(C)(C)NCC(Cc1cccs1)Cc1ccccc1Cl. The van der Waals surface area contributed by atoms with E-state index in [0.29, 0.717) is 5.92 Å². The minimum Gasteiger partial charge on any atom is -0.312 e. The quantitative estimate of drug-likeness (QED) is 0.772. The van der Waals surface area contributed by atoms with E-state index in [2.05, 4.69) is 55.7 Å². The monoisotopic (exact) mass is 321 g/mol. The molecule has 0 amide bonds. The van der Waals surface area contributed by atoms with Gasteiger partial charge in [-0.15, -0.1) is 11.3 Å². The van der Waals surface area contributed by atoms with Crippen molar-refractivity contribution < 1.29 is 0 Å². The summed E-state index contributed by atoms with van der Waals surface area (Å²) in [5.74, 6) is 0.558. The van der Waals surface area contributed by atoms with Gasteiger partial charge in [-0.1, -0.05) is 35.9 Å². The summed E-state index contributed by atoms with van der Waals surface area (Å²) >= 11 is 8.16. The van der Waals surface area contributed by atoms with E-state index in [-0.39, 0.29) is 5.54 Å². The molecule has 2 aromatic rings. The normalized spacial score (nSPS) is 13.3. The first-order valence-electron chi connectivity index (χ1n) is 7.45. The fourth-order valence-corrected chi connectivity index (χ4v) is 3.39. The lowest BCUT2D eigenvalue weighted by molar-refractivity contribution is 0.368. The molecule has 1 atom stereocenters. The molecular weight excluding hydrogens is 298 g/mol. The minimum atomic E-state index is 0.147. The average molecular weight is 322 g/mol. The van der Waals surface area contributed by atoms with Crippen molar-refractivity contribution in [3.8, 4) is 0 Å². The van der Waals surface area contributed by atoms with Crippen LogP contribution in [0.5, 0.6) is 0 Å². The van der Waals surface area contributed by atoms with Crippen molar-refractivity contribution in [1.82, 2.24) is 5.32 Å². The van der Waals surface area contributed by atoms with Crippen molar-refractivity contribution in [2.45, 2.75) is 39.2 Å². The zero-order valence-corrected chi connectivity index (χ0v) is 14.6. The van der Waals surface area contributed by atoms with Crippen molar-refractivity contribution in [2.75, 3.05) is 6.54 Å². The molecule has 0 saturated carbocycles. The first kappa shape index (κ1) is 16.5. The van der Waals surface area contributed by atoms with E-state index >= 15 is 0 Å². The van der Waals surface area contributed by atoms with Crippen LogP contribution in [-0.2, 0) is 12.8 Å². The van der Waals surface area contributed by atoms with Crippen molar-refractivity contribution in [2.24, 2.45) is 5.92 Å². The lowest BCUT2D eigenvalue weighted by Gasteiger charge is -2.25. The molecule has 0 aliphatic rings. The Kier molecular flexibility index (Phi) is 5.86. The van der Waals surface area contributed by atoms with Crippen LogP contribution in [0, 0.1) is 5.92 Å². The van der Waals surface area contributed by atoms with Gasteiger partial charge in [0.1, 0.15) is 0 Å². The second-order valence-electron chi connectivity index (χ2n) is 6.58. The van der Waals surface area contributed by atoms with Gasteiger partial charge in [-0.05, 0) is 69.2 Å². The zero-order valence-electron chi connectivity index (χ0n) is 13.0. The van der Waals surface area contributed by atoms with Crippen molar-refractivity contribution in [3.05, 3.63) is 57.2 Å². The molecular formula is C18H24ClNS. The molecule has 1 aromatic carbocycles. The van der Waals surface area contributed by atoms with Gasteiger partial charge in [-0.25, -0.2) is 0 Å². The highest BCUT2D eigenvalue weighted by Crippen LogP contribution is 2.23. The fraction of sp³-hybridized carbons (Fsp3) is 0.444. The molecule has 0 radical (unpaired) electrons. The summed E-state index contributed by atoms with van der Waals surface area (Å²) in [7, 11) is 0. The predicted octanol–water partition coefficient (Wildman–Crippen LogP) is 5.19. The Morgan fingerprint density at radius 1 is 1.10 bits per heavy atom. The van der Waals surface area contributed by atoms with Crippen LogP contribution >= 0.6 is 22.9 Å². The van der Waals surface area contributed by atoms with Gasteiger partial charge < -0.3 is 5.32 Å². The van der Waals surface area contributed by atoms with Gasteiger partial charge in [-0.3, -0.25) is 0 Å². The molecule has 0 saturated heterocycles. The number of thiophene rings is 1. The molecule has 1 aromatic heterocycles. The third kappa shape index (κ3) is 5.82. The lowest BCUT2D eigenvalue weighted by atomic mass is 9.94. The van der Waals surface area contributed by atoms with Gasteiger partial charge in [0.2, 0.25) is 0 Å². The predicted molar refractivity (Wildman–Crippen MR) is 94.4 cm³/mol. The number of hydrogen-bond donors (Lipinski definition) is 1. The molecule has 1 nitrogen and oxygen atoms in total. The lowest BCUT2D eigenvalue weighted by Crippen LogP contribution is -2.40. The topological polar surface area (TPSA) is 12.0 Å². The third-order valence-electron chi connectivity index (χ3n) is 3.46. The smallest absolute Gasteiger partial charge is 0.0438 e. The molecule has 3 heteroatoms. The highest BCUT2D eigenvalue weighted by atomic mass is 35.5. The van der Waals surface area contributed by atoms with Crippen LogP contribution in [0.1, 0.15) is 31.2 Å². The van der Waals surface area contributed by atoms with Gasteiger partial charge in [-0.2, -0.15) is 0 Å². The molecule has 2 rings (SSSR count). The first-order chi connectivity index (χ1) is 9.94. The first-order valence-corrected chi connectivity index (χ1v) is 8.70. The van der Waals surface area contributed by atoms with Gasteiger partial charge in [0.05, 0.1) is 0 Å². The van der Waals surface area contributed by atoms with Gasteiger partial charge in [0.15, 0.2) is 0 Å². The van der Waals surface area contributed by atoms with E-state index < -0.39 is 0 Å². The second-order valence-corrected chi connectivity index (χ2v) is 8.02. The summed E-state index contributed by atoms with van der Waals surface area (Å²) in [6.07, 6.45) is 2.12. The standard InChI is InChI=1S/C18H24ClNS/c1-18(2,3)20-13-14(12-16-8-6-10-21-16)11-15-7-4-5-9-17(15)19/h4-10,14,20H,11-13H2,1-3H3. The summed E-state index contributed by atoms with van der Waals surface area (Å²) in [5.41, 5.74) is 1.39. The maximum absolute atomic E-state index is 6.32. The number of nitrogens with one attached hydrogen (secondary N) is 1. The van der Waals surface area contributed by atoms with Crippen molar-refractivity contribution >= 4 is 22.9 Å². The van der Waals surface area contributed by atoms with E-state index in [9.17, 15) is 0 Å². The Morgan fingerprint density at radius 3 is 2.48 bits per heavy atom. The Balaban J connectivity index is 2.06. The summed E-state index contributed by atoms with van der Waals surface area (Å²) in [6, 6.07) is 12.5. The maximum atomic E-state index is 6.32. The Bertz CT molecular complexity index is 543. The zero-order chi connectivity index (χ0) is 15.3. The number of rotatable bonds is 6. The Morgan fingerprint density at radius 2 is 1.86 bits per heavy atom. The maximum Gasteiger partial charge on any atom is 0.0438 e. The van der Waals surface area contributed by atoms with E-state index in [1.165, 1.54) is 10.4 Å². The van der Waals surface area contributed by atoms with E-state index in [1.807, 2.05) is 23.5 Å². The van der Waals surface area contributed by atoms with Crippen LogP contribution in [0.3, 0.4) is 0 Å². The fourth-order valence-electron chi connectivity index (χ4n) is 2.36. The largest absolute Gasteiger partial charge is 0.312 e. The van der Waals surface area contributed by atoms with E-state index in [4.69, 9.17) is 11.6 Å². The highest BCUT2D eigenvalue weighted by molar-refractivity contribution is 7.09. The summed E-state index contributed by atoms with van der Waals surface area (Å²) in [4.78, 5) is 1.45. The Labute approximate surface area is 137 Å². The molecule has 0 spiro atoms. The summed E-state index contributed by atoms with van der Waals surface area (Å²) in [6.45, 7) is 7.65. The molecule has 0 aliphatic carbocycles. The number of benzene rings is 1. The van der Waals surface area contributed by atoms with E-state index in [1.54, 1.807) is 0 Å². The van der Waals surface area contributed by atoms with Crippen molar-refractivity contribution in [3.63, 3.8) is 0 Å². The molecule has 0 aliphatic heterocycles. The highest BCUT2D eigenvalue weighted by Gasteiger charge is 2.17.